The van der Waals surface area contributed by atoms with Crippen LogP contribution in [0.5, 0.6) is 0 Å². The summed E-state index contributed by atoms with van der Waals surface area (Å²) in [5.41, 5.74) is 8.83. The minimum absolute atomic E-state index is 0.0889. The second kappa shape index (κ2) is 11.7. The number of ketones is 1. The smallest absolute Gasteiger partial charge is 0.238 e. The fraction of sp³-hybridized carbons (Fsp3) is 0.242. The average Bonchev–Trinajstić information content (AvgIpc) is 3.67. The van der Waals surface area contributed by atoms with Crippen LogP contribution in [0.3, 0.4) is 0 Å². The number of likely N-dealkylation sites (N-methyl/N-ethyl adjacent to an activating group) is 1. The monoisotopic (exact) mass is 565 g/mol. The van der Waals surface area contributed by atoms with Crippen LogP contribution in [0, 0.1) is 5.92 Å². The van der Waals surface area contributed by atoms with Gasteiger partial charge in [-0.3, -0.25) is 14.7 Å². The van der Waals surface area contributed by atoms with Crippen molar-refractivity contribution in [3.05, 3.63) is 99.6 Å². The number of aromatic nitrogens is 3. The summed E-state index contributed by atoms with van der Waals surface area (Å²) in [6, 6.07) is 12.3. The van der Waals surface area contributed by atoms with Crippen molar-refractivity contribution in [3.8, 4) is 11.4 Å². The number of nitrogens with zero attached hydrogens (tertiary/aromatic N) is 2. The molecule has 0 aliphatic heterocycles. The number of hydrogen-bond donors (Lipinski definition) is 3. The molecular weight excluding hydrogens is 530 g/mol. The molecule has 1 aromatic carbocycles. The Labute approximate surface area is 244 Å². The van der Waals surface area contributed by atoms with Crippen molar-refractivity contribution >= 4 is 45.1 Å². The van der Waals surface area contributed by atoms with E-state index >= 15 is 0 Å². The first kappa shape index (κ1) is 28.3. The van der Waals surface area contributed by atoms with Crippen molar-refractivity contribution in [1.29, 1.82) is 0 Å². The summed E-state index contributed by atoms with van der Waals surface area (Å²) in [6.45, 7) is 9.97. The molecule has 5 rings (SSSR count). The fourth-order valence-corrected chi connectivity index (χ4v) is 6.14. The van der Waals surface area contributed by atoms with Crippen LogP contribution in [0.25, 0.3) is 33.4 Å². The normalized spacial score (nSPS) is 15.7. The molecule has 0 fully saturated rings. The molecule has 0 radical (unpaired) electrons. The Morgan fingerprint density at radius 3 is 2.71 bits per heavy atom. The van der Waals surface area contributed by atoms with Gasteiger partial charge >= 0.3 is 0 Å². The van der Waals surface area contributed by atoms with E-state index in [-0.39, 0.29) is 11.7 Å². The molecule has 1 aliphatic rings. The number of fused-ring (bicyclic) bond motifs is 2. The third-order valence-electron chi connectivity index (χ3n) is 7.12. The quantitative estimate of drug-likeness (QED) is 0.158. The second-order valence-electron chi connectivity index (χ2n) is 10.7. The number of allylic oxidation sites excluding steroid dienone is 5. The molecule has 0 saturated heterocycles. The molecule has 0 saturated carbocycles. The van der Waals surface area contributed by atoms with E-state index in [2.05, 4.69) is 47.1 Å². The van der Waals surface area contributed by atoms with Crippen LogP contribution < -0.4 is 5.32 Å². The number of amides is 1. The Morgan fingerprint density at radius 1 is 1.22 bits per heavy atom. The standard InChI is InChI=1S/C33H35N5O2S/c1-7-21(15-23(8-2)34-32(40)18-38(5)6)22-9-10-27-26(16-22)33(37-36-27)29-17-24-25(13-19(3)14-28(24)35-29)31-12-11-30(41-31)20(4)39/h7-13,15-17,19,35H,2,14,18H2,1,3-6H3,(H,34,40)(H,36,37)/b21-7+,23-15+. The molecular formula is C33H35N5O2S. The lowest BCUT2D eigenvalue weighted by Gasteiger charge is -2.17. The van der Waals surface area contributed by atoms with Gasteiger partial charge in [0.25, 0.3) is 0 Å². The molecule has 41 heavy (non-hydrogen) atoms. The molecule has 3 N–H and O–H groups in total. The predicted octanol–water partition coefficient (Wildman–Crippen LogP) is 6.60. The van der Waals surface area contributed by atoms with Gasteiger partial charge in [0.2, 0.25) is 5.91 Å². The highest BCUT2D eigenvalue weighted by molar-refractivity contribution is 7.15. The summed E-state index contributed by atoms with van der Waals surface area (Å²) in [4.78, 5) is 31.6. The zero-order valence-corrected chi connectivity index (χ0v) is 24.9. The van der Waals surface area contributed by atoms with Gasteiger partial charge in [0.15, 0.2) is 5.78 Å². The SMILES string of the molecule is C=C/C(=C\C(=C/C)c1ccc2[nH]nc(-c3cc4c([nH]3)CC(C)C=C4c3ccc(C(C)=O)s3)c2c1)NC(=O)CN(C)C. The Bertz CT molecular complexity index is 1740. The Hall–Kier alpha value is -4.27. The lowest BCUT2D eigenvalue weighted by atomic mass is 9.89. The summed E-state index contributed by atoms with van der Waals surface area (Å²) in [7, 11) is 3.72. The van der Waals surface area contributed by atoms with Crippen LogP contribution in [0.1, 0.15) is 52.1 Å². The van der Waals surface area contributed by atoms with E-state index < -0.39 is 0 Å². The first-order valence-corrected chi connectivity index (χ1v) is 14.5. The van der Waals surface area contributed by atoms with Crippen molar-refractivity contribution < 1.29 is 9.59 Å². The number of nitrogens with one attached hydrogen (secondary N) is 3. The molecule has 3 heterocycles. The Balaban J connectivity index is 1.50. The second-order valence-corrected chi connectivity index (χ2v) is 11.8. The topological polar surface area (TPSA) is 93.9 Å². The molecule has 1 unspecified atom stereocenters. The molecule has 1 aliphatic carbocycles. The molecule has 4 aromatic rings. The van der Waals surface area contributed by atoms with Crippen LogP contribution >= 0.6 is 11.3 Å². The maximum absolute atomic E-state index is 12.3. The third-order valence-corrected chi connectivity index (χ3v) is 8.34. The third kappa shape index (κ3) is 5.94. The van der Waals surface area contributed by atoms with Gasteiger partial charge in [-0.2, -0.15) is 5.10 Å². The summed E-state index contributed by atoms with van der Waals surface area (Å²) in [5.74, 6) is 0.365. The molecule has 0 spiro atoms. The van der Waals surface area contributed by atoms with Gasteiger partial charge in [0, 0.05) is 27.2 Å². The van der Waals surface area contributed by atoms with E-state index in [1.807, 2.05) is 62.3 Å². The highest BCUT2D eigenvalue weighted by atomic mass is 32.1. The average molecular weight is 566 g/mol. The largest absolute Gasteiger partial charge is 0.357 e. The first-order valence-electron chi connectivity index (χ1n) is 13.7. The number of hydrogen-bond acceptors (Lipinski definition) is 5. The van der Waals surface area contributed by atoms with Gasteiger partial charge in [0.1, 0.15) is 5.69 Å². The maximum atomic E-state index is 12.3. The van der Waals surface area contributed by atoms with E-state index in [0.717, 1.165) is 60.7 Å². The zero-order chi connectivity index (χ0) is 29.3. The molecule has 8 heteroatoms. The number of Topliss-reactive ketones (excluding diaryl/α,β-unsaturated/α-hetero) is 1. The molecule has 1 amide bonds. The highest BCUT2D eigenvalue weighted by Gasteiger charge is 2.24. The highest BCUT2D eigenvalue weighted by Crippen LogP contribution is 2.40. The molecule has 1 atom stereocenters. The van der Waals surface area contributed by atoms with Crippen LogP contribution in [-0.2, 0) is 11.2 Å². The van der Waals surface area contributed by atoms with E-state index in [1.165, 1.54) is 5.69 Å². The minimum Gasteiger partial charge on any atom is -0.357 e. The number of H-pyrrole nitrogens is 2. The summed E-state index contributed by atoms with van der Waals surface area (Å²) < 4.78 is 0. The van der Waals surface area contributed by atoms with Crippen LogP contribution in [0.15, 0.2) is 73.0 Å². The number of thiophene rings is 1. The summed E-state index contributed by atoms with van der Waals surface area (Å²) >= 11 is 1.54. The first-order chi connectivity index (χ1) is 19.7. The van der Waals surface area contributed by atoms with Gasteiger partial charge in [0.05, 0.1) is 22.6 Å². The fourth-order valence-electron chi connectivity index (χ4n) is 5.20. The molecule has 7 nitrogen and oxygen atoms in total. The maximum Gasteiger partial charge on any atom is 0.238 e. The number of benzene rings is 1. The van der Waals surface area contributed by atoms with Gasteiger partial charge in [-0.25, -0.2) is 0 Å². The van der Waals surface area contributed by atoms with Gasteiger partial charge in [-0.05, 0) is 99.5 Å². The number of carbonyl (C=O) groups excluding carboxylic acids is 2. The Kier molecular flexibility index (Phi) is 8.06. The summed E-state index contributed by atoms with van der Waals surface area (Å²) in [5, 5.41) is 11.8. The molecule has 210 valence electrons. The van der Waals surface area contributed by atoms with Crippen LogP contribution in [0.4, 0.5) is 0 Å². The van der Waals surface area contributed by atoms with Crippen molar-refractivity contribution in [2.24, 2.45) is 5.92 Å². The van der Waals surface area contributed by atoms with Gasteiger partial charge < -0.3 is 15.2 Å². The van der Waals surface area contributed by atoms with E-state index in [0.29, 0.717) is 18.2 Å². The zero-order valence-electron chi connectivity index (χ0n) is 24.1. The van der Waals surface area contributed by atoms with E-state index in [4.69, 9.17) is 5.10 Å². The van der Waals surface area contributed by atoms with E-state index in [9.17, 15) is 9.59 Å². The number of aromatic amines is 2. The van der Waals surface area contributed by atoms with E-state index in [1.54, 1.807) is 24.3 Å². The molecule has 3 aromatic heterocycles. The van der Waals surface area contributed by atoms with Gasteiger partial charge in [-0.15, -0.1) is 11.3 Å². The van der Waals surface area contributed by atoms with Crippen LogP contribution in [-0.4, -0.2) is 52.4 Å². The lowest BCUT2D eigenvalue weighted by Crippen LogP contribution is -2.32. The van der Waals surface area contributed by atoms with Gasteiger partial charge in [-0.1, -0.05) is 31.7 Å². The predicted molar refractivity (Wildman–Crippen MR) is 169 cm³/mol. The number of carbonyl (C=O) groups is 2. The molecule has 0 bridgehead atoms. The minimum atomic E-state index is -0.0947. The van der Waals surface area contributed by atoms with Crippen molar-refractivity contribution in [2.45, 2.75) is 27.2 Å². The summed E-state index contributed by atoms with van der Waals surface area (Å²) in [6.07, 6.45) is 8.82. The van der Waals surface area contributed by atoms with Crippen molar-refractivity contribution in [1.82, 2.24) is 25.4 Å². The Morgan fingerprint density at radius 2 is 2.02 bits per heavy atom. The van der Waals surface area contributed by atoms with Crippen LogP contribution in [0.2, 0.25) is 0 Å². The lowest BCUT2D eigenvalue weighted by molar-refractivity contribution is -0.120. The van der Waals surface area contributed by atoms with Crippen molar-refractivity contribution in [3.63, 3.8) is 0 Å². The van der Waals surface area contributed by atoms with Crippen molar-refractivity contribution in [2.75, 3.05) is 20.6 Å². The number of rotatable bonds is 9.